The van der Waals surface area contributed by atoms with E-state index in [4.69, 9.17) is 14.2 Å². The highest BCUT2D eigenvalue weighted by molar-refractivity contribution is 9.10. The van der Waals surface area contributed by atoms with Crippen LogP contribution >= 0.6 is 15.9 Å². The minimum atomic E-state index is -0.401. The molecule has 0 fully saturated rings. The predicted octanol–water partition coefficient (Wildman–Crippen LogP) is 4.49. The van der Waals surface area contributed by atoms with Crippen LogP contribution in [0.5, 0.6) is 17.2 Å². The van der Waals surface area contributed by atoms with E-state index in [1.807, 2.05) is 6.07 Å². The van der Waals surface area contributed by atoms with Crippen molar-refractivity contribution in [1.29, 1.82) is 0 Å². The van der Waals surface area contributed by atoms with Crippen LogP contribution in [-0.4, -0.2) is 39.4 Å². The zero-order valence-corrected chi connectivity index (χ0v) is 19.8. The fraction of sp³-hybridized carbons (Fsp3) is 0.125. The molecule has 0 aliphatic rings. The van der Waals surface area contributed by atoms with E-state index >= 15 is 0 Å². The fourth-order valence-electron chi connectivity index (χ4n) is 2.95. The summed E-state index contributed by atoms with van der Waals surface area (Å²) < 4.78 is 16.6. The summed E-state index contributed by atoms with van der Waals surface area (Å²) in [4.78, 5) is 24.8. The Morgan fingerprint density at radius 1 is 0.879 bits per heavy atom. The number of carbonyl (C=O) groups excluding carboxylic acids is 2. The Morgan fingerprint density at radius 3 is 2.09 bits per heavy atom. The van der Waals surface area contributed by atoms with Crippen LogP contribution in [0.25, 0.3) is 0 Å². The van der Waals surface area contributed by atoms with Gasteiger partial charge in [0.15, 0.2) is 11.5 Å². The molecule has 0 radical (unpaired) electrons. The third-order valence-corrected chi connectivity index (χ3v) is 5.28. The van der Waals surface area contributed by atoms with E-state index in [0.717, 1.165) is 0 Å². The van der Waals surface area contributed by atoms with Crippen molar-refractivity contribution < 1.29 is 23.8 Å². The smallest absolute Gasteiger partial charge is 0.271 e. The standard InChI is InChI=1S/C24H22BrN3O5/c1-31-20-12-15(13-21(32-2)22(20)33-3)14-26-28-23(29)16-8-10-17(11-9-16)27-24(30)18-6-4-5-7-19(18)25/h4-14H,1-3H3,(H,27,30)(H,28,29)/b26-14-. The maximum atomic E-state index is 12.4. The van der Waals surface area contributed by atoms with Gasteiger partial charge in [-0.05, 0) is 64.5 Å². The van der Waals surface area contributed by atoms with Gasteiger partial charge >= 0.3 is 0 Å². The number of hydrogen-bond acceptors (Lipinski definition) is 6. The molecule has 0 bridgehead atoms. The molecule has 0 atom stereocenters. The fourth-order valence-corrected chi connectivity index (χ4v) is 3.42. The van der Waals surface area contributed by atoms with E-state index in [0.29, 0.717) is 44.1 Å². The molecule has 0 saturated carbocycles. The molecule has 0 aliphatic carbocycles. The van der Waals surface area contributed by atoms with Gasteiger partial charge in [-0.1, -0.05) is 12.1 Å². The molecule has 9 heteroatoms. The summed E-state index contributed by atoms with van der Waals surface area (Å²) in [5.74, 6) is 0.763. The topological polar surface area (TPSA) is 98.2 Å². The van der Waals surface area contributed by atoms with Crippen molar-refractivity contribution in [2.24, 2.45) is 5.10 Å². The number of halogens is 1. The van der Waals surface area contributed by atoms with Gasteiger partial charge in [-0.3, -0.25) is 9.59 Å². The molecule has 3 rings (SSSR count). The molecule has 3 aromatic carbocycles. The molecule has 8 nitrogen and oxygen atoms in total. The van der Waals surface area contributed by atoms with Crippen LogP contribution in [0, 0.1) is 0 Å². The SMILES string of the molecule is COc1cc(/C=N\NC(=O)c2ccc(NC(=O)c3ccccc3Br)cc2)cc(OC)c1OC. The second kappa shape index (κ2) is 11.1. The zero-order valence-electron chi connectivity index (χ0n) is 18.2. The quantitative estimate of drug-likeness (QED) is 0.343. The van der Waals surface area contributed by atoms with Gasteiger partial charge in [0.05, 0.1) is 33.1 Å². The number of amides is 2. The Hall–Kier alpha value is -3.85. The summed E-state index contributed by atoms with van der Waals surface area (Å²) in [5, 5.41) is 6.79. The lowest BCUT2D eigenvalue weighted by Gasteiger charge is -2.12. The third-order valence-electron chi connectivity index (χ3n) is 4.59. The maximum absolute atomic E-state index is 12.4. The number of nitrogens with zero attached hydrogens (tertiary/aromatic N) is 1. The van der Waals surface area contributed by atoms with Gasteiger partial charge in [0.2, 0.25) is 5.75 Å². The highest BCUT2D eigenvalue weighted by Crippen LogP contribution is 2.37. The Labute approximate surface area is 199 Å². The number of rotatable bonds is 8. The highest BCUT2D eigenvalue weighted by Gasteiger charge is 2.13. The number of hydrogen-bond donors (Lipinski definition) is 2. The maximum Gasteiger partial charge on any atom is 0.271 e. The van der Waals surface area contributed by atoms with Gasteiger partial charge in [-0.2, -0.15) is 5.10 Å². The minimum absolute atomic E-state index is 0.255. The zero-order chi connectivity index (χ0) is 23.8. The summed E-state index contributed by atoms with van der Waals surface area (Å²) in [7, 11) is 4.56. The Balaban J connectivity index is 1.64. The number of methoxy groups -OCH3 is 3. The van der Waals surface area contributed by atoms with E-state index in [9.17, 15) is 9.59 Å². The highest BCUT2D eigenvalue weighted by atomic mass is 79.9. The van der Waals surface area contributed by atoms with Crippen molar-refractivity contribution in [3.63, 3.8) is 0 Å². The Morgan fingerprint density at radius 2 is 1.52 bits per heavy atom. The Kier molecular flexibility index (Phi) is 8.04. The number of ether oxygens (including phenoxy) is 3. The third kappa shape index (κ3) is 5.89. The molecule has 2 amide bonds. The molecule has 2 N–H and O–H groups in total. The second-order valence-electron chi connectivity index (χ2n) is 6.67. The van der Waals surface area contributed by atoms with Crippen molar-refractivity contribution in [1.82, 2.24) is 5.43 Å². The van der Waals surface area contributed by atoms with E-state index in [-0.39, 0.29) is 5.91 Å². The first kappa shape index (κ1) is 23.8. The van der Waals surface area contributed by atoms with Crippen LogP contribution in [0.3, 0.4) is 0 Å². The summed E-state index contributed by atoms with van der Waals surface area (Å²) >= 11 is 3.36. The van der Waals surface area contributed by atoms with Gasteiger partial charge in [0.1, 0.15) is 0 Å². The molecule has 0 heterocycles. The summed E-state index contributed by atoms with van der Waals surface area (Å²) in [5.41, 5.74) is 4.58. The lowest BCUT2D eigenvalue weighted by Crippen LogP contribution is -2.18. The monoisotopic (exact) mass is 511 g/mol. The number of hydrazone groups is 1. The average molecular weight is 512 g/mol. The van der Waals surface area contributed by atoms with Gasteiger partial charge in [-0.15, -0.1) is 0 Å². The molecule has 0 aromatic heterocycles. The molecule has 0 spiro atoms. The van der Waals surface area contributed by atoms with Crippen molar-refractivity contribution in [3.05, 3.63) is 81.8 Å². The van der Waals surface area contributed by atoms with Crippen LogP contribution in [0.4, 0.5) is 5.69 Å². The van der Waals surface area contributed by atoms with Crippen LogP contribution in [0.2, 0.25) is 0 Å². The van der Waals surface area contributed by atoms with Crippen LogP contribution in [-0.2, 0) is 0 Å². The molecular formula is C24H22BrN3O5. The molecular weight excluding hydrogens is 490 g/mol. The average Bonchev–Trinajstić information content (AvgIpc) is 2.83. The van der Waals surface area contributed by atoms with E-state index in [2.05, 4.69) is 31.8 Å². The van der Waals surface area contributed by atoms with Crippen molar-refractivity contribution in [2.75, 3.05) is 26.6 Å². The van der Waals surface area contributed by atoms with Gasteiger partial charge < -0.3 is 19.5 Å². The molecule has 0 aliphatic heterocycles. The lowest BCUT2D eigenvalue weighted by atomic mass is 10.1. The summed E-state index contributed by atoms with van der Waals surface area (Å²) in [6, 6.07) is 17.0. The van der Waals surface area contributed by atoms with E-state index in [1.54, 1.807) is 54.6 Å². The van der Waals surface area contributed by atoms with Crippen molar-refractivity contribution >= 4 is 39.6 Å². The van der Waals surface area contributed by atoms with Crippen LogP contribution < -0.4 is 25.0 Å². The lowest BCUT2D eigenvalue weighted by molar-refractivity contribution is 0.0954. The van der Waals surface area contributed by atoms with Gasteiger partial charge in [-0.25, -0.2) is 5.43 Å². The molecule has 0 unspecified atom stereocenters. The van der Waals surface area contributed by atoms with E-state index in [1.165, 1.54) is 27.5 Å². The Bertz CT molecular complexity index is 1150. The van der Waals surface area contributed by atoms with Crippen molar-refractivity contribution in [2.45, 2.75) is 0 Å². The largest absolute Gasteiger partial charge is 0.493 e. The summed E-state index contributed by atoms with van der Waals surface area (Å²) in [6.07, 6.45) is 1.47. The number of carbonyl (C=O) groups is 2. The van der Waals surface area contributed by atoms with Crippen molar-refractivity contribution in [3.8, 4) is 17.2 Å². The minimum Gasteiger partial charge on any atom is -0.493 e. The first-order chi connectivity index (χ1) is 16.0. The molecule has 33 heavy (non-hydrogen) atoms. The number of nitrogens with one attached hydrogen (secondary N) is 2. The van der Waals surface area contributed by atoms with Gasteiger partial charge in [0.25, 0.3) is 11.8 Å². The predicted molar refractivity (Wildman–Crippen MR) is 130 cm³/mol. The normalized spacial score (nSPS) is 10.5. The van der Waals surface area contributed by atoms with Gasteiger partial charge in [0, 0.05) is 21.3 Å². The van der Waals surface area contributed by atoms with Crippen LogP contribution in [0.15, 0.2) is 70.2 Å². The molecule has 170 valence electrons. The first-order valence-electron chi connectivity index (χ1n) is 9.76. The molecule has 3 aromatic rings. The second-order valence-corrected chi connectivity index (χ2v) is 7.52. The van der Waals surface area contributed by atoms with Crippen LogP contribution in [0.1, 0.15) is 26.3 Å². The number of anilines is 1. The van der Waals surface area contributed by atoms with E-state index < -0.39 is 5.91 Å². The molecule has 0 saturated heterocycles. The summed E-state index contributed by atoms with van der Waals surface area (Å²) in [6.45, 7) is 0. The first-order valence-corrected chi connectivity index (χ1v) is 10.6. The number of benzene rings is 3.